The molecule has 1 aliphatic carbocycles. The predicted octanol–water partition coefficient (Wildman–Crippen LogP) is 1.56. The number of carbonyl (C=O) groups excluding carboxylic acids is 1. The first-order valence-electron chi connectivity index (χ1n) is 8.40. The summed E-state index contributed by atoms with van der Waals surface area (Å²) < 4.78 is 6.85. The average Bonchev–Trinajstić information content (AvgIpc) is 3.23. The van der Waals surface area contributed by atoms with Crippen LogP contribution in [0.1, 0.15) is 25.7 Å². The Morgan fingerprint density at radius 1 is 1.32 bits per heavy atom. The smallest absolute Gasteiger partial charge is 0.297 e. The molecule has 1 amide bonds. The van der Waals surface area contributed by atoms with Gasteiger partial charge < -0.3 is 14.8 Å². The summed E-state index contributed by atoms with van der Waals surface area (Å²) in [5.41, 5.74) is 0.293. The van der Waals surface area contributed by atoms with Crippen molar-refractivity contribution in [2.75, 3.05) is 6.61 Å². The van der Waals surface area contributed by atoms with Crippen molar-refractivity contribution in [2.24, 2.45) is 0 Å². The van der Waals surface area contributed by atoms with Crippen LogP contribution in [-0.4, -0.2) is 32.7 Å². The molecule has 1 aromatic carbocycles. The van der Waals surface area contributed by atoms with Gasteiger partial charge in [0.1, 0.15) is 17.6 Å². The molecule has 130 valence electrons. The van der Waals surface area contributed by atoms with Crippen LogP contribution in [0.3, 0.4) is 0 Å². The van der Waals surface area contributed by atoms with Crippen LogP contribution in [0, 0.1) is 0 Å². The molecule has 0 unspecified atom stereocenters. The van der Waals surface area contributed by atoms with Crippen molar-refractivity contribution in [3.8, 4) is 0 Å². The zero-order valence-corrected chi connectivity index (χ0v) is 13.7. The lowest BCUT2D eigenvalue weighted by Crippen LogP contribution is -2.50. The molecule has 0 radical (unpaired) electrons. The first kappa shape index (κ1) is 15.8. The molecule has 2 heterocycles. The molecule has 7 nitrogen and oxygen atoms in total. The summed E-state index contributed by atoms with van der Waals surface area (Å²) in [7, 11) is 0. The molecule has 0 bridgehead atoms. The lowest BCUT2D eigenvalue weighted by molar-refractivity contribution is -0.124. The van der Waals surface area contributed by atoms with Gasteiger partial charge in [-0.05, 0) is 25.0 Å². The minimum atomic E-state index is -0.558. The van der Waals surface area contributed by atoms with Crippen LogP contribution in [0.4, 0.5) is 0 Å². The number of fused-ring (bicyclic) bond motifs is 3. The summed E-state index contributed by atoms with van der Waals surface area (Å²) in [5, 5.41) is 13.3. The van der Waals surface area contributed by atoms with E-state index >= 15 is 0 Å². The fourth-order valence-electron chi connectivity index (χ4n) is 3.59. The minimum absolute atomic E-state index is 0.0888. The van der Waals surface area contributed by atoms with Gasteiger partial charge in [0.15, 0.2) is 0 Å². The van der Waals surface area contributed by atoms with E-state index in [0.29, 0.717) is 11.1 Å². The van der Waals surface area contributed by atoms with E-state index in [0.717, 1.165) is 31.1 Å². The molecule has 4 rings (SSSR count). The molecule has 0 aliphatic heterocycles. The van der Waals surface area contributed by atoms with E-state index in [1.807, 2.05) is 18.2 Å². The number of nitrogens with zero attached hydrogens (tertiary/aromatic N) is 2. The second kappa shape index (κ2) is 6.00. The Hall–Kier alpha value is -2.67. The first-order valence-corrected chi connectivity index (χ1v) is 8.40. The fourth-order valence-corrected chi connectivity index (χ4v) is 3.59. The number of para-hydroxylation sites is 1. The van der Waals surface area contributed by atoms with Gasteiger partial charge >= 0.3 is 0 Å². The molecule has 1 aliphatic rings. The van der Waals surface area contributed by atoms with Crippen LogP contribution < -0.4 is 10.9 Å². The van der Waals surface area contributed by atoms with Crippen molar-refractivity contribution in [1.82, 2.24) is 14.9 Å². The van der Waals surface area contributed by atoms with E-state index in [9.17, 15) is 14.7 Å². The summed E-state index contributed by atoms with van der Waals surface area (Å²) in [6.45, 7) is -0.241. The molecule has 1 saturated carbocycles. The number of aliphatic hydroxyl groups is 1. The largest absolute Gasteiger partial charge is 0.448 e. The van der Waals surface area contributed by atoms with Crippen molar-refractivity contribution in [3.63, 3.8) is 0 Å². The minimum Gasteiger partial charge on any atom is -0.448 e. The third-order valence-corrected chi connectivity index (χ3v) is 4.93. The van der Waals surface area contributed by atoms with Crippen molar-refractivity contribution in [2.45, 2.75) is 37.8 Å². The van der Waals surface area contributed by atoms with E-state index in [2.05, 4.69) is 10.3 Å². The maximum atomic E-state index is 12.6. The van der Waals surface area contributed by atoms with Crippen LogP contribution in [0.5, 0.6) is 0 Å². The van der Waals surface area contributed by atoms with Crippen LogP contribution >= 0.6 is 0 Å². The predicted molar refractivity (Wildman–Crippen MR) is 92.2 cm³/mol. The maximum Gasteiger partial charge on any atom is 0.297 e. The molecule has 2 N–H and O–H groups in total. The Balaban J connectivity index is 1.63. The Morgan fingerprint density at radius 3 is 2.84 bits per heavy atom. The average molecular weight is 341 g/mol. The first-order chi connectivity index (χ1) is 12.1. The Labute approximate surface area is 143 Å². The van der Waals surface area contributed by atoms with Gasteiger partial charge in [0.05, 0.1) is 18.5 Å². The van der Waals surface area contributed by atoms with Gasteiger partial charge in [-0.2, -0.15) is 0 Å². The molecule has 0 saturated heterocycles. The third-order valence-electron chi connectivity index (χ3n) is 4.93. The summed E-state index contributed by atoms with van der Waals surface area (Å²) in [5.74, 6) is -0.310. The van der Waals surface area contributed by atoms with Crippen molar-refractivity contribution < 1.29 is 14.3 Å². The van der Waals surface area contributed by atoms with Gasteiger partial charge in [0.2, 0.25) is 11.5 Å². The number of nitrogens with one attached hydrogen (secondary N) is 1. The highest BCUT2D eigenvalue weighted by atomic mass is 16.3. The second-order valence-corrected chi connectivity index (χ2v) is 6.65. The molecule has 0 spiro atoms. The van der Waals surface area contributed by atoms with Crippen molar-refractivity contribution in [3.05, 3.63) is 40.9 Å². The highest BCUT2D eigenvalue weighted by Crippen LogP contribution is 2.29. The van der Waals surface area contributed by atoms with Gasteiger partial charge in [-0.25, -0.2) is 4.98 Å². The topological polar surface area (TPSA) is 97.4 Å². The summed E-state index contributed by atoms with van der Waals surface area (Å²) in [6.07, 6.45) is 4.84. The Kier molecular flexibility index (Phi) is 3.80. The number of aliphatic hydroxyl groups excluding tert-OH is 1. The van der Waals surface area contributed by atoms with Crippen LogP contribution in [0.25, 0.3) is 22.1 Å². The molecule has 3 aromatic rings. The Bertz CT molecular complexity index is 998. The Morgan fingerprint density at radius 2 is 2.08 bits per heavy atom. The third kappa shape index (κ3) is 2.70. The van der Waals surface area contributed by atoms with Gasteiger partial charge in [0, 0.05) is 5.39 Å². The number of hydrogen-bond donors (Lipinski definition) is 2. The number of amides is 1. The SMILES string of the molecule is O=C(Cn1cnc2c(oc3ccccc32)c1=O)NC1(CO)CCCC1. The standard InChI is InChI=1S/C18H19N3O4/c22-10-18(7-3-4-8-18)20-14(23)9-21-11-19-15-12-5-1-2-6-13(12)25-16(15)17(21)24/h1-2,5-6,11,22H,3-4,7-10H2,(H,20,23). The van der Waals surface area contributed by atoms with Crippen molar-refractivity contribution in [1.29, 1.82) is 0 Å². The molecular formula is C18H19N3O4. The molecule has 2 aromatic heterocycles. The zero-order chi connectivity index (χ0) is 17.4. The summed E-state index contributed by atoms with van der Waals surface area (Å²) >= 11 is 0. The van der Waals surface area contributed by atoms with Crippen molar-refractivity contribution >= 4 is 28.0 Å². The number of benzene rings is 1. The second-order valence-electron chi connectivity index (χ2n) is 6.65. The highest BCUT2D eigenvalue weighted by molar-refractivity contribution is 6.01. The van der Waals surface area contributed by atoms with E-state index in [-0.39, 0.29) is 30.2 Å². The number of rotatable bonds is 4. The fraction of sp³-hybridized carbons (Fsp3) is 0.389. The van der Waals surface area contributed by atoms with E-state index in [4.69, 9.17) is 4.42 Å². The monoisotopic (exact) mass is 341 g/mol. The number of carbonyl (C=O) groups is 1. The number of aromatic nitrogens is 2. The molecule has 1 fully saturated rings. The quantitative estimate of drug-likeness (QED) is 0.751. The van der Waals surface area contributed by atoms with E-state index in [1.54, 1.807) is 6.07 Å². The van der Waals surface area contributed by atoms with Gasteiger partial charge in [-0.3, -0.25) is 14.2 Å². The maximum absolute atomic E-state index is 12.6. The van der Waals surface area contributed by atoms with Gasteiger partial charge in [-0.15, -0.1) is 0 Å². The molecule has 0 atom stereocenters. The van der Waals surface area contributed by atoms with Gasteiger partial charge in [-0.1, -0.05) is 25.0 Å². The molecule has 25 heavy (non-hydrogen) atoms. The summed E-state index contributed by atoms with van der Waals surface area (Å²) in [4.78, 5) is 29.3. The normalized spacial score (nSPS) is 16.5. The van der Waals surface area contributed by atoms with Gasteiger partial charge in [0.25, 0.3) is 5.56 Å². The van der Waals surface area contributed by atoms with Crippen LogP contribution in [0.2, 0.25) is 0 Å². The highest BCUT2D eigenvalue weighted by Gasteiger charge is 2.34. The van der Waals surface area contributed by atoms with Crippen LogP contribution in [-0.2, 0) is 11.3 Å². The lowest BCUT2D eigenvalue weighted by Gasteiger charge is -2.28. The van der Waals surface area contributed by atoms with Crippen LogP contribution in [0.15, 0.2) is 39.8 Å². The number of hydrogen-bond acceptors (Lipinski definition) is 5. The molecule has 7 heteroatoms. The summed E-state index contributed by atoms with van der Waals surface area (Å²) in [6, 6.07) is 7.30. The van der Waals surface area contributed by atoms with E-state index in [1.165, 1.54) is 10.9 Å². The lowest BCUT2D eigenvalue weighted by atomic mass is 9.99. The van der Waals surface area contributed by atoms with E-state index < -0.39 is 5.54 Å². The number of furan rings is 1. The molecular weight excluding hydrogens is 322 g/mol. The zero-order valence-electron chi connectivity index (χ0n) is 13.7.